The van der Waals surface area contributed by atoms with Crippen molar-refractivity contribution in [3.05, 3.63) is 46.5 Å². The summed E-state index contributed by atoms with van der Waals surface area (Å²) in [6.07, 6.45) is 0.999. The fourth-order valence-corrected chi connectivity index (χ4v) is 2.79. The summed E-state index contributed by atoms with van der Waals surface area (Å²) in [6.45, 7) is 12.5. The summed E-state index contributed by atoms with van der Waals surface area (Å²) in [5, 5.41) is 4.27. The lowest BCUT2D eigenvalue weighted by molar-refractivity contribution is 0.172. The quantitative estimate of drug-likeness (QED) is 0.809. The molecule has 1 aliphatic rings. The molecule has 1 atom stereocenters. The van der Waals surface area contributed by atoms with E-state index < -0.39 is 0 Å². The molecule has 5 heteroatoms. The Morgan fingerprint density at radius 3 is 2.48 bits per heavy atom. The van der Waals surface area contributed by atoms with E-state index in [9.17, 15) is 0 Å². The van der Waals surface area contributed by atoms with Gasteiger partial charge in [-0.1, -0.05) is 29.3 Å². The van der Waals surface area contributed by atoms with Crippen LogP contribution >= 0.6 is 36.4 Å². The number of halogens is 3. The van der Waals surface area contributed by atoms with Crippen molar-refractivity contribution < 1.29 is 0 Å². The molecule has 1 saturated heterocycles. The smallest absolute Gasteiger partial charge is 0.0438 e. The molecule has 0 amide bonds. The van der Waals surface area contributed by atoms with E-state index in [4.69, 9.17) is 11.6 Å². The van der Waals surface area contributed by atoms with Crippen LogP contribution in [-0.2, 0) is 0 Å². The zero-order valence-corrected chi connectivity index (χ0v) is 15.1. The van der Waals surface area contributed by atoms with E-state index in [2.05, 4.69) is 41.9 Å². The second kappa shape index (κ2) is 9.70. The van der Waals surface area contributed by atoms with Gasteiger partial charge in [-0.05, 0) is 37.5 Å². The van der Waals surface area contributed by atoms with Crippen molar-refractivity contribution in [3.63, 3.8) is 0 Å². The normalized spacial score (nSPS) is 16.5. The Bertz CT molecular complexity index is 457. The first-order valence-electron chi connectivity index (χ1n) is 6.93. The van der Waals surface area contributed by atoms with Gasteiger partial charge in [0.1, 0.15) is 0 Å². The Labute approximate surface area is 145 Å². The molecule has 0 spiro atoms. The molecule has 2 rings (SSSR count). The molecule has 1 aliphatic heterocycles. The molecule has 0 saturated carbocycles. The molecule has 0 unspecified atom stereocenters. The minimum absolute atomic E-state index is 0. The van der Waals surface area contributed by atoms with Crippen molar-refractivity contribution in [1.29, 1.82) is 0 Å². The van der Waals surface area contributed by atoms with E-state index in [0.29, 0.717) is 6.04 Å². The van der Waals surface area contributed by atoms with Crippen LogP contribution < -0.4 is 5.32 Å². The van der Waals surface area contributed by atoms with Crippen LogP contribution in [0, 0.1) is 6.92 Å². The van der Waals surface area contributed by atoms with Gasteiger partial charge in [-0.2, -0.15) is 0 Å². The highest BCUT2D eigenvalue weighted by atomic mass is 35.5. The third-order valence-corrected chi connectivity index (χ3v) is 4.12. The van der Waals surface area contributed by atoms with E-state index in [1.165, 1.54) is 11.1 Å². The van der Waals surface area contributed by atoms with Gasteiger partial charge in [0.15, 0.2) is 0 Å². The number of hydrogen-bond acceptors (Lipinski definition) is 2. The molecule has 1 fully saturated rings. The van der Waals surface area contributed by atoms with Gasteiger partial charge in [0.2, 0.25) is 0 Å². The zero-order valence-electron chi connectivity index (χ0n) is 12.7. The molecule has 0 radical (unpaired) electrons. The number of piperazine rings is 1. The average molecular weight is 352 g/mol. The number of hydrogen-bond donors (Lipinski definition) is 1. The molecule has 1 N–H and O–H groups in total. The van der Waals surface area contributed by atoms with Crippen molar-refractivity contribution in [1.82, 2.24) is 10.2 Å². The van der Waals surface area contributed by atoms with Crippen LogP contribution in [0.3, 0.4) is 0 Å². The third-order valence-electron chi connectivity index (χ3n) is 3.71. The largest absolute Gasteiger partial charge is 0.314 e. The van der Waals surface area contributed by atoms with Gasteiger partial charge in [0.25, 0.3) is 0 Å². The fraction of sp³-hybridized carbons (Fsp3) is 0.500. The standard InChI is InChI=1S/C16H23ClN2.2ClH/c1-12(2)10-16(19-8-6-18-7-9-19)14-5-4-13(3)15(17)11-14;;/h4-5,11,16,18H,1,6-10H2,2-3H3;2*1H/t16-;;/m1../s1. The Balaban J connectivity index is 0.00000200. The number of nitrogens with zero attached hydrogens (tertiary/aromatic N) is 1. The minimum Gasteiger partial charge on any atom is -0.314 e. The van der Waals surface area contributed by atoms with Gasteiger partial charge >= 0.3 is 0 Å². The number of rotatable bonds is 4. The SMILES string of the molecule is C=C(C)C[C@H](c1ccc(C)c(Cl)c1)N1CCNCC1.Cl.Cl. The second-order valence-electron chi connectivity index (χ2n) is 5.47. The Morgan fingerprint density at radius 1 is 1.33 bits per heavy atom. The molecular weight excluding hydrogens is 327 g/mol. The Kier molecular flexibility index (Phi) is 9.59. The van der Waals surface area contributed by atoms with Crippen molar-refractivity contribution in [2.45, 2.75) is 26.3 Å². The van der Waals surface area contributed by atoms with Gasteiger partial charge in [-0.15, -0.1) is 31.4 Å². The highest BCUT2D eigenvalue weighted by Crippen LogP contribution is 2.30. The first-order chi connectivity index (χ1) is 9.08. The van der Waals surface area contributed by atoms with Crippen LogP contribution in [0.2, 0.25) is 5.02 Å². The van der Waals surface area contributed by atoms with E-state index in [-0.39, 0.29) is 24.8 Å². The van der Waals surface area contributed by atoms with Gasteiger partial charge < -0.3 is 5.32 Å². The van der Waals surface area contributed by atoms with Gasteiger partial charge in [-0.25, -0.2) is 0 Å². The second-order valence-corrected chi connectivity index (χ2v) is 5.88. The molecule has 2 nitrogen and oxygen atoms in total. The molecule has 0 aliphatic carbocycles. The highest BCUT2D eigenvalue weighted by molar-refractivity contribution is 6.31. The zero-order chi connectivity index (χ0) is 13.8. The maximum absolute atomic E-state index is 6.28. The predicted octanol–water partition coefficient (Wildman–Crippen LogP) is 4.40. The van der Waals surface area contributed by atoms with Crippen LogP contribution in [-0.4, -0.2) is 31.1 Å². The van der Waals surface area contributed by atoms with E-state index in [1.54, 1.807) is 0 Å². The first-order valence-corrected chi connectivity index (χ1v) is 7.31. The van der Waals surface area contributed by atoms with E-state index in [0.717, 1.165) is 43.2 Å². The van der Waals surface area contributed by atoms with Crippen LogP contribution in [0.15, 0.2) is 30.4 Å². The number of aryl methyl sites for hydroxylation is 1. The number of benzene rings is 1. The minimum atomic E-state index is 0. The van der Waals surface area contributed by atoms with Crippen molar-refractivity contribution in [3.8, 4) is 0 Å². The van der Waals surface area contributed by atoms with E-state index >= 15 is 0 Å². The molecule has 0 bridgehead atoms. The summed E-state index contributed by atoms with van der Waals surface area (Å²) in [5.74, 6) is 0. The monoisotopic (exact) mass is 350 g/mol. The summed E-state index contributed by atoms with van der Waals surface area (Å²) >= 11 is 6.28. The first kappa shape index (κ1) is 20.8. The topological polar surface area (TPSA) is 15.3 Å². The molecule has 21 heavy (non-hydrogen) atoms. The van der Waals surface area contributed by atoms with Gasteiger partial charge in [0.05, 0.1) is 0 Å². The van der Waals surface area contributed by atoms with Crippen molar-refractivity contribution >= 4 is 36.4 Å². The highest BCUT2D eigenvalue weighted by Gasteiger charge is 2.22. The van der Waals surface area contributed by atoms with Crippen LogP contribution in [0.1, 0.15) is 30.5 Å². The molecular formula is C16H25Cl3N2. The summed E-state index contributed by atoms with van der Waals surface area (Å²) in [6, 6.07) is 6.84. The Hall–Kier alpha value is -0.250. The van der Waals surface area contributed by atoms with Crippen molar-refractivity contribution in [2.24, 2.45) is 0 Å². The van der Waals surface area contributed by atoms with Crippen molar-refractivity contribution in [2.75, 3.05) is 26.2 Å². The third kappa shape index (κ3) is 5.80. The molecule has 1 heterocycles. The fourth-order valence-electron chi connectivity index (χ4n) is 2.60. The molecule has 1 aromatic carbocycles. The van der Waals surface area contributed by atoms with Crippen LogP contribution in [0.5, 0.6) is 0 Å². The molecule has 120 valence electrons. The summed E-state index contributed by atoms with van der Waals surface area (Å²) in [7, 11) is 0. The van der Waals surface area contributed by atoms with Crippen LogP contribution in [0.4, 0.5) is 0 Å². The maximum Gasteiger partial charge on any atom is 0.0438 e. The Morgan fingerprint density at radius 2 is 1.95 bits per heavy atom. The van der Waals surface area contributed by atoms with Gasteiger partial charge in [0, 0.05) is 37.2 Å². The lowest BCUT2D eigenvalue weighted by Gasteiger charge is -2.35. The summed E-state index contributed by atoms with van der Waals surface area (Å²) < 4.78 is 0. The average Bonchev–Trinajstić information content (AvgIpc) is 2.40. The molecule has 0 aromatic heterocycles. The predicted molar refractivity (Wildman–Crippen MR) is 97.3 cm³/mol. The van der Waals surface area contributed by atoms with Crippen LogP contribution in [0.25, 0.3) is 0 Å². The molecule has 1 aromatic rings. The number of nitrogens with one attached hydrogen (secondary N) is 1. The maximum atomic E-state index is 6.28. The lowest BCUT2D eigenvalue weighted by atomic mass is 9.97. The summed E-state index contributed by atoms with van der Waals surface area (Å²) in [5.41, 5.74) is 3.67. The lowest BCUT2D eigenvalue weighted by Crippen LogP contribution is -2.45. The van der Waals surface area contributed by atoms with E-state index in [1.807, 2.05) is 6.92 Å². The van der Waals surface area contributed by atoms with Gasteiger partial charge in [-0.3, -0.25) is 4.90 Å². The summed E-state index contributed by atoms with van der Waals surface area (Å²) in [4.78, 5) is 2.53.